The number of hydrogen-bond acceptors (Lipinski definition) is 2. The standard InChI is InChI=1S/C19H21N3O/c1-13-10-17(12-21(4)19(13)23)18-20-11-14(2)22(18)15(3)16-8-6-5-7-9-16/h5-12,15H,1-4H3. The Kier molecular flexibility index (Phi) is 3.90. The summed E-state index contributed by atoms with van der Waals surface area (Å²) in [5.41, 5.74) is 4.05. The van der Waals surface area contributed by atoms with Crippen LogP contribution in [0.2, 0.25) is 0 Å². The molecule has 0 amide bonds. The van der Waals surface area contributed by atoms with E-state index in [4.69, 9.17) is 0 Å². The third-order valence-electron chi connectivity index (χ3n) is 4.27. The topological polar surface area (TPSA) is 39.8 Å². The number of aryl methyl sites for hydroxylation is 3. The number of aromatic nitrogens is 3. The molecule has 1 aromatic carbocycles. The molecule has 1 atom stereocenters. The van der Waals surface area contributed by atoms with Gasteiger partial charge in [0.05, 0.1) is 6.04 Å². The first-order valence-corrected chi connectivity index (χ1v) is 7.75. The summed E-state index contributed by atoms with van der Waals surface area (Å²) in [7, 11) is 1.78. The van der Waals surface area contributed by atoms with Gasteiger partial charge >= 0.3 is 0 Å². The van der Waals surface area contributed by atoms with Crippen LogP contribution in [0.1, 0.15) is 29.8 Å². The molecule has 4 nitrogen and oxygen atoms in total. The maximum Gasteiger partial charge on any atom is 0.253 e. The molecule has 0 saturated carbocycles. The van der Waals surface area contributed by atoms with Gasteiger partial charge in [-0.25, -0.2) is 4.98 Å². The third kappa shape index (κ3) is 2.72. The van der Waals surface area contributed by atoms with Crippen LogP contribution in [-0.2, 0) is 7.05 Å². The van der Waals surface area contributed by atoms with Gasteiger partial charge < -0.3 is 9.13 Å². The van der Waals surface area contributed by atoms with Gasteiger partial charge in [0.1, 0.15) is 5.82 Å². The van der Waals surface area contributed by atoms with Crippen LogP contribution in [0.4, 0.5) is 0 Å². The quantitative estimate of drug-likeness (QED) is 0.743. The predicted octanol–water partition coefficient (Wildman–Crippen LogP) is 3.47. The van der Waals surface area contributed by atoms with Gasteiger partial charge in [0.25, 0.3) is 5.56 Å². The van der Waals surface area contributed by atoms with Gasteiger partial charge in [0.15, 0.2) is 0 Å². The molecule has 0 fully saturated rings. The Labute approximate surface area is 136 Å². The number of hydrogen-bond donors (Lipinski definition) is 0. The van der Waals surface area contributed by atoms with E-state index >= 15 is 0 Å². The molecule has 0 radical (unpaired) electrons. The molecule has 0 bridgehead atoms. The molecular formula is C19H21N3O. The van der Waals surface area contributed by atoms with Gasteiger partial charge in [-0.3, -0.25) is 4.79 Å². The second-order valence-corrected chi connectivity index (χ2v) is 6.01. The van der Waals surface area contributed by atoms with Gasteiger partial charge in [-0.15, -0.1) is 0 Å². The van der Waals surface area contributed by atoms with E-state index in [0.29, 0.717) is 0 Å². The van der Waals surface area contributed by atoms with Crippen LogP contribution in [0.3, 0.4) is 0 Å². The van der Waals surface area contributed by atoms with E-state index in [9.17, 15) is 4.79 Å². The fourth-order valence-corrected chi connectivity index (χ4v) is 3.03. The molecule has 2 heterocycles. The van der Waals surface area contributed by atoms with E-state index in [0.717, 1.165) is 22.6 Å². The third-order valence-corrected chi connectivity index (χ3v) is 4.27. The van der Waals surface area contributed by atoms with Gasteiger partial charge in [-0.1, -0.05) is 30.3 Å². The van der Waals surface area contributed by atoms with Crippen molar-refractivity contribution in [3.8, 4) is 11.4 Å². The lowest BCUT2D eigenvalue weighted by atomic mass is 10.1. The summed E-state index contributed by atoms with van der Waals surface area (Å²) in [5, 5.41) is 0. The Morgan fingerprint density at radius 3 is 2.48 bits per heavy atom. The van der Waals surface area contributed by atoms with Crippen LogP contribution >= 0.6 is 0 Å². The molecule has 0 saturated heterocycles. The molecule has 118 valence electrons. The Hall–Kier alpha value is -2.62. The van der Waals surface area contributed by atoms with Crippen molar-refractivity contribution in [1.82, 2.24) is 14.1 Å². The van der Waals surface area contributed by atoms with E-state index in [-0.39, 0.29) is 11.6 Å². The fourth-order valence-electron chi connectivity index (χ4n) is 3.03. The summed E-state index contributed by atoms with van der Waals surface area (Å²) in [6, 6.07) is 12.5. The zero-order valence-electron chi connectivity index (χ0n) is 13.9. The predicted molar refractivity (Wildman–Crippen MR) is 92.6 cm³/mol. The highest BCUT2D eigenvalue weighted by atomic mass is 16.1. The fraction of sp³-hybridized carbons (Fsp3) is 0.263. The van der Waals surface area contributed by atoms with Crippen LogP contribution in [0.15, 0.2) is 53.6 Å². The molecule has 23 heavy (non-hydrogen) atoms. The van der Waals surface area contributed by atoms with E-state index < -0.39 is 0 Å². The summed E-state index contributed by atoms with van der Waals surface area (Å²) in [5.74, 6) is 0.887. The van der Waals surface area contributed by atoms with Gasteiger partial charge in [0.2, 0.25) is 0 Å². The second-order valence-electron chi connectivity index (χ2n) is 6.01. The average molecular weight is 307 g/mol. The lowest BCUT2D eigenvalue weighted by Crippen LogP contribution is -2.19. The van der Waals surface area contributed by atoms with Crippen LogP contribution < -0.4 is 5.56 Å². The number of rotatable bonds is 3. The van der Waals surface area contributed by atoms with Crippen molar-refractivity contribution in [2.75, 3.05) is 0 Å². The highest BCUT2D eigenvalue weighted by Gasteiger charge is 2.17. The van der Waals surface area contributed by atoms with Crippen LogP contribution in [0, 0.1) is 13.8 Å². The number of imidazole rings is 1. The molecule has 0 aliphatic heterocycles. The first kappa shape index (κ1) is 15.3. The van der Waals surface area contributed by atoms with Crippen molar-refractivity contribution < 1.29 is 0 Å². The maximum atomic E-state index is 11.9. The molecular weight excluding hydrogens is 286 g/mol. The summed E-state index contributed by atoms with van der Waals surface area (Å²) in [6.07, 6.45) is 3.74. The summed E-state index contributed by atoms with van der Waals surface area (Å²) in [6.45, 7) is 6.07. The Bertz CT molecular complexity index is 864. The SMILES string of the molecule is Cc1cc(-c2ncc(C)n2C(C)c2ccccc2)cn(C)c1=O. The van der Waals surface area contributed by atoms with Crippen molar-refractivity contribution in [1.29, 1.82) is 0 Å². The van der Waals surface area contributed by atoms with Crippen LogP contribution in [-0.4, -0.2) is 14.1 Å². The van der Waals surface area contributed by atoms with Crippen molar-refractivity contribution in [3.63, 3.8) is 0 Å². The van der Waals surface area contributed by atoms with Crippen molar-refractivity contribution in [2.24, 2.45) is 7.05 Å². The van der Waals surface area contributed by atoms with E-state index in [1.165, 1.54) is 5.56 Å². The minimum absolute atomic E-state index is 0.0275. The molecule has 3 rings (SSSR count). The van der Waals surface area contributed by atoms with E-state index in [1.807, 2.05) is 43.6 Å². The largest absolute Gasteiger partial charge is 0.321 e. The smallest absolute Gasteiger partial charge is 0.253 e. The van der Waals surface area contributed by atoms with Gasteiger partial charge in [-0.05, 0) is 32.4 Å². The minimum Gasteiger partial charge on any atom is -0.321 e. The average Bonchev–Trinajstić information content (AvgIpc) is 2.94. The lowest BCUT2D eigenvalue weighted by molar-refractivity contribution is 0.629. The van der Waals surface area contributed by atoms with Crippen molar-refractivity contribution in [2.45, 2.75) is 26.8 Å². The van der Waals surface area contributed by atoms with Crippen molar-refractivity contribution in [3.05, 3.63) is 76.0 Å². The first-order chi connectivity index (χ1) is 11.0. The molecule has 0 N–H and O–H groups in total. The van der Waals surface area contributed by atoms with E-state index in [1.54, 1.807) is 11.6 Å². The minimum atomic E-state index is 0.0275. The van der Waals surface area contributed by atoms with Crippen LogP contribution in [0.5, 0.6) is 0 Å². The van der Waals surface area contributed by atoms with E-state index in [2.05, 4.69) is 35.5 Å². The van der Waals surface area contributed by atoms with Crippen molar-refractivity contribution >= 4 is 0 Å². The Morgan fingerprint density at radius 2 is 1.83 bits per heavy atom. The van der Waals surface area contributed by atoms with Gasteiger partial charge in [-0.2, -0.15) is 0 Å². The zero-order chi connectivity index (χ0) is 16.6. The molecule has 0 aliphatic rings. The van der Waals surface area contributed by atoms with Crippen LogP contribution in [0.25, 0.3) is 11.4 Å². The first-order valence-electron chi connectivity index (χ1n) is 7.75. The molecule has 0 spiro atoms. The zero-order valence-corrected chi connectivity index (χ0v) is 13.9. The second kappa shape index (κ2) is 5.88. The summed E-state index contributed by atoms with van der Waals surface area (Å²) in [4.78, 5) is 16.5. The molecule has 0 aliphatic carbocycles. The summed E-state index contributed by atoms with van der Waals surface area (Å²) >= 11 is 0. The highest BCUT2D eigenvalue weighted by molar-refractivity contribution is 5.56. The Morgan fingerprint density at radius 1 is 1.13 bits per heavy atom. The number of nitrogens with zero attached hydrogens (tertiary/aromatic N) is 3. The molecule has 1 unspecified atom stereocenters. The monoisotopic (exact) mass is 307 g/mol. The molecule has 2 aromatic heterocycles. The highest BCUT2D eigenvalue weighted by Crippen LogP contribution is 2.27. The number of benzene rings is 1. The normalized spacial score (nSPS) is 12.3. The maximum absolute atomic E-state index is 11.9. The Balaban J connectivity index is 2.15. The van der Waals surface area contributed by atoms with Gasteiger partial charge in [0, 0.05) is 36.3 Å². The molecule has 3 aromatic rings. The summed E-state index contributed by atoms with van der Waals surface area (Å²) < 4.78 is 3.83. The number of pyridine rings is 1. The lowest BCUT2D eigenvalue weighted by Gasteiger charge is -2.19. The molecule has 4 heteroatoms.